The molecule has 1 aliphatic heterocycles. The summed E-state index contributed by atoms with van der Waals surface area (Å²) in [7, 11) is 1.80. The van der Waals surface area contributed by atoms with Crippen molar-refractivity contribution in [2.45, 2.75) is 58.2 Å². The van der Waals surface area contributed by atoms with Crippen LogP contribution in [0.25, 0.3) is 0 Å². The van der Waals surface area contributed by atoms with Crippen LogP contribution in [-0.4, -0.2) is 49.8 Å². The van der Waals surface area contributed by atoms with Gasteiger partial charge in [0.2, 0.25) is 0 Å². The van der Waals surface area contributed by atoms with Gasteiger partial charge in [0, 0.05) is 38.8 Å². The van der Waals surface area contributed by atoms with E-state index in [9.17, 15) is 0 Å². The normalized spacial score (nSPS) is 29.2. The van der Waals surface area contributed by atoms with Gasteiger partial charge >= 0.3 is 0 Å². The van der Waals surface area contributed by atoms with Crippen molar-refractivity contribution in [3.05, 3.63) is 0 Å². The molecule has 3 heteroatoms. The standard InChI is InChI=1S/C13H28N2O/c1-5-7-12-10-15(9-11(3)16-4)13(6-2)8-14-12/h11-14H,5-10H2,1-4H3. The van der Waals surface area contributed by atoms with Crippen molar-refractivity contribution in [1.82, 2.24) is 10.2 Å². The molecule has 0 amide bonds. The first-order valence-corrected chi connectivity index (χ1v) is 6.71. The minimum atomic E-state index is 0.342. The van der Waals surface area contributed by atoms with Gasteiger partial charge in [0.25, 0.3) is 0 Å². The highest BCUT2D eigenvalue weighted by Crippen LogP contribution is 2.14. The van der Waals surface area contributed by atoms with E-state index >= 15 is 0 Å². The smallest absolute Gasteiger partial charge is 0.0670 e. The van der Waals surface area contributed by atoms with Crippen LogP contribution in [-0.2, 0) is 4.74 Å². The topological polar surface area (TPSA) is 24.5 Å². The quantitative estimate of drug-likeness (QED) is 0.751. The molecule has 0 aromatic heterocycles. The van der Waals surface area contributed by atoms with Crippen LogP contribution in [0.15, 0.2) is 0 Å². The van der Waals surface area contributed by atoms with Crippen LogP contribution in [0.2, 0.25) is 0 Å². The Bertz CT molecular complexity index is 187. The summed E-state index contributed by atoms with van der Waals surface area (Å²) in [6.07, 6.45) is 4.12. The first kappa shape index (κ1) is 13.9. The van der Waals surface area contributed by atoms with Gasteiger partial charge in [-0.1, -0.05) is 20.3 Å². The Labute approximate surface area is 101 Å². The molecule has 0 aromatic carbocycles. The first-order chi connectivity index (χ1) is 7.71. The number of methoxy groups -OCH3 is 1. The van der Waals surface area contributed by atoms with Crippen molar-refractivity contribution < 1.29 is 4.74 Å². The average molecular weight is 228 g/mol. The van der Waals surface area contributed by atoms with Crippen LogP contribution in [0, 0.1) is 0 Å². The minimum absolute atomic E-state index is 0.342. The zero-order chi connectivity index (χ0) is 12.0. The summed E-state index contributed by atoms with van der Waals surface area (Å²) in [4.78, 5) is 2.60. The molecule has 0 aromatic rings. The van der Waals surface area contributed by atoms with Gasteiger partial charge in [0.1, 0.15) is 0 Å². The lowest BCUT2D eigenvalue weighted by atomic mass is 10.0. The number of nitrogens with zero attached hydrogens (tertiary/aromatic N) is 1. The average Bonchev–Trinajstić information content (AvgIpc) is 2.30. The number of ether oxygens (including phenoxy) is 1. The van der Waals surface area contributed by atoms with Crippen molar-refractivity contribution in [1.29, 1.82) is 0 Å². The fourth-order valence-electron chi connectivity index (χ4n) is 2.50. The second kappa shape index (κ2) is 7.25. The molecule has 96 valence electrons. The zero-order valence-corrected chi connectivity index (χ0v) is 11.3. The van der Waals surface area contributed by atoms with E-state index in [1.165, 1.54) is 25.8 Å². The number of hydrogen-bond acceptors (Lipinski definition) is 3. The molecule has 1 saturated heterocycles. The van der Waals surface area contributed by atoms with E-state index in [4.69, 9.17) is 4.74 Å². The summed E-state index contributed by atoms with van der Waals surface area (Å²) in [5.41, 5.74) is 0. The Morgan fingerprint density at radius 1 is 1.44 bits per heavy atom. The number of piperazine rings is 1. The van der Waals surface area contributed by atoms with Gasteiger partial charge in [-0.25, -0.2) is 0 Å². The van der Waals surface area contributed by atoms with E-state index in [1.807, 2.05) is 0 Å². The lowest BCUT2D eigenvalue weighted by Gasteiger charge is -2.41. The summed E-state index contributed by atoms with van der Waals surface area (Å²) >= 11 is 0. The summed E-state index contributed by atoms with van der Waals surface area (Å²) in [5, 5.41) is 3.66. The monoisotopic (exact) mass is 228 g/mol. The van der Waals surface area contributed by atoms with E-state index in [0.717, 1.165) is 13.1 Å². The van der Waals surface area contributed by atoms with Gasteiger partial charge in [0.05, 0.1) is 6.10 Å². The zero-order valence-electron chi connectivity index (χ0n) is 11.3. The molecule has 0 radical (unpaired) electrons. The van der Waals surface area contributed by atoms with Crippen molar-refractivity contribution in [3.63, 3.8) is 0 Å². The molecule has 16 heavy (non-hydrogen) atoms. The number of rotatable bonds is 6. The van der Waals surface area contributed by atoms with Crippen molar-refractivity contribution in [3.8, 4) is 0 Å². The van der Waals surface area contributed by atoms with Gasteiger partial charge in [-0.3, -0.25) is 4.90 Å². The van der Waals surface area contributed by atoms with E-state index in [1.54, 1.807) is 7.11 Å². The first-order valence-electron chi connectivity index (χ1n) is 6.71. The molecule has 0 bridgehead atoms. The van der Waals surface area contributed by atoms with Crippen LogP contribution >= 0.6 is 0 Å². The van der Waals surface area contributed by atoms with Crippen molar-refractivity contribution in [2.75, 3.05) is 26.7 Å². The number of hydrogen-bond donors (Lipinski definition) is 1. The Balaban J connectivity index is 2.46. The molecule has 1 N–H and O–H groups in total. The van der Waals surface area contributed by atoms with E-state index in [2.05, 4.69) is 31.0 Å². The third kappa shape index (κ3) is 4.04. The van der Waals surface area contributed by atoms with E-state index in [0.29, 0.717) is 18.2 Å². The summed E-state index contributed by atoms with van der Waals surface area (Å²) in [6.45, 7) is 10.1. The van der Waals surface area contributed by atoms with Crippen LogP contribution in [0.3, 0.4) is 0 Å². The van der Waals surface area contributed by atoms with Gasteiger partial charge in [0.15, 0.2) is 0 Å². The Hall–Kier alpha value is -0.120. The van der Waals surface area contributed by atoms with Crippen LogP contribution in [0.4, 0.5) is 0 Å². The fraction of sp³-hybridized carbons (Fsp3) is 1.00. The molecule has 0 aliphatic carbocycles. The SMILES string of the molecule is CCCC1CN(CC(C)OC)C(CC)CN1. The molecule has 1 rings (SSSR count). The van der Waals surface area contributed by atoms with Crippen LogP contribution in [0.1, 0.15) is 40.0 Å². The second-order valence-corrected chi connectivity index (χ2v) is 4.96. The Morgan fingerprint density at radius 2 is 2.19 bits per heavy atom. The maximum absolute atomic E-state index is 5.38. The molecule has 0 saturated carbocycles. The Kier molecular flexibility index (Phi) is 6.32. The summed E-state index contributed by atoms with van der Waals surface area (Å²) in [6, 6.07) is 1.36. The maximum Gasteiger partial charge on any atom is 0.0670 e. The molecular formula is C13H28N2O. The molecular weight excluding hydrogens is 200 g/mol. The molecule has 3 atom stereocenters. The van der Waals surface area contributed by atoms with Crippen molar-refractivity contribution >= 4 is 0 Å². The number of nitrogens with one attached hydrogen (secondary N) is 1. The van der Waals surface area contributed by atoms with Gasteiger partial charge < -0.3 is 10.1 Å². The third-order valence-electron chi connectivity index (χ3n) is 3.62. The van der Waals surface area contributed by atoms with Gasteiger partial charge in [-0.05, 0) is 19.8 Å². The summed E-state index contributed by atoms with van der Waals surface area (Å²) < 4.78 is 5.38. The molecule has 1 fully saturated rings. The minimum Gasteiger partial charge on any atom is -0.380 e. The van der Waals surface area contributed by atoms with Crippen molar-refractivity contribution in [2.24, 2.45) is 0 Å². The predicted octanol–water partition coefficient (Wildman–Crippen LogP) is 1.87. The molecule has 1 aliphatic rings. The highest BCUT2D eigenvalue weighted by atomic mass is 16.5. The van der Waals surface area contributed by atoms with Crippen LogP contribution < -0.4 is 5.32 Å². The predicted molar refractivity (Wildman–Crippen MR) is 68.8 cm³/mol. The largest absolute Gasteiger partial charge is 0.380 e. The molecule has 3 unspecified atom stereocenters. The van der Waals surface area contributed by atoms with Gasteiger partial charge in [-0.2, -0.15) is 0 Å². The molecule has 1 heterocycles. The van der Waals surface area contributed by atoms with Gasteiger partial charge in [-0.15, -0.1) is 0 Å². The highest BCUT2D eigenvalue weighted by Gasteiger charge is 2.26. The highest BCUT2D eigenvalue weighted by molar-refractivity contribution is 4.86. The molecule has 3 nitrogen and oxygen atoms in total. The Morgan fingerprint density at radius 3 is 2.75 bits per heavy atom. The van der Waals surface area contributed by atoms with Crippen LogP contribution in [0.5, 0.6) is 0 Å². The fourth-order valence-corrected chi connectivity index (χ4v) is 2.50. The van der Waals surface area contributed by atoms with E-state index in [-0.39, 0.29) is 0 Å². The molecule has 0 spiro atoms. The lowest BCUT2D eigenvalue weighted by molar-refractivity contribution is 0.0390. The maximum atomic E-state index is 5.38. The summed E-state index contributed by atoms with van der Waals surface area (Å²) in [5.74, 6) is 0. The second-order valence-electron chi connectivity index (χ2n) is 4.96. The third-order valence-corrected chi connectivity index (χ3v) is 3.62. The lowest BCUT2D eigenvalue weighted by Crippen LogP contribution is -2.57. The van der Waals surface area contributed by atoms with E-state index < -0.39 is 0 Å².